The summed E-state index contributed by atoms with van der Waals surface area (Å²) in [5.41, 5.74) is 3.11. The Morgan fingerprint density at radius 1 is 1.18 bits per heavy atom. The van der Waals surface area contributed by atoms with E-state index < -0.39 is 5.82 Å². The number of carbonyl (C=O) groups excluding carboxylic acids is 1. The number of aromatic amines is 1. The van der Waals surface area contributed by atoms with Gasteiger partial charge in [0.25, 0.3) is 0 Å². The quantitative estimate of drug-likeness (QED) is 0.328. The van der Waals surface area contributed by atoms with Crippen LogP contribution >= 0.6 is 0 Å². The number of nitriles is 1. The first kappa shape index (κ1) is 25.1. The molecule has 0 spiro atoms. The van der Waals surface area contributed by atoms with Gasteiger partial charge in [-0.25, -0.2) is 19.0 Å². The van der Waals surface area contributed by atoms with Crippen molar-refractivity contribution in [2.24, 2.45) is 5.92 Å². The molecule has 1 fully saturated rings. The van der Waals surface area contributed by atoms with Crippen molar-refractivity contribution in [1.29, 1.82) is 5.26 Å². The first-order chi connectivity index (χ1) is 18.4. The summed E-state index contributed by atoms with van der Waals surface area (Å²) in [6.07, 6.45) is 7.02. The van der Waals surface area contributed by atoms with Crippen LogP contribution in [0.1, 0.15) is 67.1 Å². The van der Waals surface area contributed by atoms with Crippen molar-refractivity contribution in [1.82, 2.24) is 35.3 Å². The summed E-state index contributed by atoms with van der Waals surface area (Å²) in [5.74, 6) is 1.38. The van der Waals surface area contributed by atoms with Gasteiger partial charge in [0.05, 0.1) is 29.7 Å². The Hall–Kier alpha value is -4.59. The summed E-state index contributed by atoms with van der Waals surface area (Å²) < 4.78 is 14.6. The number of nitrogens with one attached hydrogen (secondary N) is 3. The minimum Gasteiger partial charge on any atom is -0.349 e. The van der Waals surface area contributed by atoms with Crippen molar-refractivity contribution < 1.29 is 9.18 Å². The molecule has 0 unspecified atom stereocenters. The molecule has 1 aliphatic rings. The van der Waals surface area contributed by atoms with Crippen LogP contribution in [0.3, 0.4) is 0 Å². The Morgan fingerprint density at radius 3 is 2.63 bits per heavy atom. The Labute approximate surface area is 219 Å². The van der Waals surface area contributed by atoms with Gasteiger partial charge >= 0.3 is 0 Å². The van der Waals surface area contributed by atoms with Crippen LogP contribution in [0, 0.1) is 30.0 Å². The molecule has 0 aliphatic heterocycles. The molecule has 1 saturated carbocycles. The molecule has 1 atom stereocenters. The number of carbonyl (C=O) groups is 1. The second kappa shape index (κ2) is 10.8. The third kappa shape index (κ3) is 5.54. The fourth-order valence-electron chi connectivity index (χ4n) is 4.82. The molecule has 38 heavy (non-hydrogen) atoms. The Kier molecular flexibility index (Phi) is 7.13. The molecule has 1 aliphatic carbocycles. The van der Waals surface area contributed by atoms with Gasteiger partial charge in [-0.15, -0.1) is 0 Å². The van der Waals surface area contributed by atoms with Crippen LogP contribution in [0.25, 0.3) is 5.82 Å². The normalized spacial score (nSPS) is 17.9. The molecule has 11 heteroatoms. The number of aromatic nitrogens is 6. The maximum absolute atomic E-state index is 13.2. The van der Waals surface area contributed by atoms with Crippen LogP contribution in [0.5, 0.6) is 0 Å². The van der Waals surface area contributed by atoms with E-state index in [1.165, 1.54) is 10.9 Å². The molecule has 5 rings (SSSR count). The van der Waals surface area contributed by atoms with E-state index in [4.69, 9.17) is 4.98 Å². The van der Waals surface area contributed by atoms with E-state index in [0.717, 1.165) is 36.0 Å². The Balaban J connectivity index is 1.18. The molecular formula is C27H28FN9O. The molecule has 4 aromatic heterocycles. The van der Waals surface area contributed by atoms with Crippen molar-refractivity contribution in [2.45, 2.75) is 51.5 Å². The average molecular weight is 514 g/mol. The lowest BCUT2D eigenvalue weighted by molar-refractivity contribution is -0.126. The second-order valence-electron chi connectivity index (χ2n) is 9.63. The Morgan fingerprint density at radius 2 is 2.00 bits per heavy atom. The highest BCUT2D eigenvalue weighted by molar-refractivity contribution is 5.79. The van der Waals surface area contributed by atoms with E-state index in [2.05, 4.69) is 37.0 Å². The number of nitrogens with zero attached hydrogens (tertiary/aromatic N) is 6. The highest BCUT2D eigenvalue weighted by Gasteiger charge is 2.30. The molecule has 3 N–H and O–H groups in total. The van der Waals surface area contributed by atoms with Gasteiger partial charge in [0.2, 0.25) is 5.91 Å². The predicted octanol–water partition coefficient (Wildman–Crippen LogP) is 4.60. The first-order valence-corrected chi connectivity index (χ1v) is 12.6. The summed E-state index contributed by atoms with van der Waals surface area (Å²) >= 11 is 0. The van der Waals surface area contributed by atoms with Crippen molar-refractivity contribution in [2.75, 3.05) is 5.32 Å². The zero-order valence-electron chi connectivity index (χ0n) is 21.1. The number of hydrogen-bond donors (Lipinski definition) is 3. The van der Waals surface area contributed by atoms with Crippen LogP contribution in [-0.4, -0.2) is 35.9 Å². The summed E-state index contributed by atoms with van der Waals surface area (Å²) in [4.78, 5) is 22.1. The summed E-state index contributed by atoms with van der Waals surface area (Å²) in [7, 11) is 0. The highest BCUT2D eigenvalue weighted by atomic mass is 19.1. The molecule has 10 nitrogen and oxygen atoms in total. The van der Waals surface area contributed by atoms with Gasteiger partial charge in [0.1, 0.15) is 11.9 Å². The van der Waals surface area contributed by atoms with Crippen LogP contribution < -0.4 is 10.6 Å². The van der Waals surface area contributed by atoms with E-state index in [1.807, 2.05) is 26.0 Å². The molecule has 0 radical (unpaired) electrons. The highest BCUT2D eigenvalue weighted by Crippen LogP contribution is 2.37. The van der Waals surface area contributed by atoms with Gasteiger partial charge in [0.15, 0.2) is 17.5 Å². The summed E-state index contributed by atoms with van der Waals surface area (Å²) in [6.45, 7) is 3.83. The molecule has 0 saturated heterocycles. The standard InChI is InChI=1S/C27H28FN9O/c1-16-11-24(36-35-16)33-23-9-7-20(12-29)26(34-23)18-3-5-19(6-4-18)27(38)32-17(2)21-8-10-25(30-13-21)37-15-22(28)14-31-37/h7-11,13-15,17-19H,3-6H2,1-2H3,(H,32,38)(H2,33,34,35,36)/t17-,18?,19?/m0/s1. The van der Waals surface area contributed by atoms with Gasteiger partial charge < -0.3 is 10.6 Å². The minimum absolute atomic E-state index is 0.00644. The van der Waals surface area contributed by atoms with Crippen molar-refractivity contribution >= 4 is 17.5 Å². The topological polar surface area (TPSA) is 137 Å². The van der Waals surface area contributed by atoms with Gasteiger partial charge in [-0.2, -0.15) is 15.5 Å². The van der Waals surface area contributed by atoms with Crippen LogP contribution in [0.4, 0.5) is 16.0 Å². The second-order valence-corrected chi connectivity index (χ2v) is 9.63. The number of H-pyrrole nitrogens is 1. The molecule has 4 heterocycles. The van der Waals surface area contributed by atoms with E-state index in [9.17, 15) is 14.4 Å². The molecule has 194 valence electrons. The maximum Gasteiger partial charge on any atom is 0.223 e. The third-order valence-electron chi connectivity index (χ3n) is 6.91. The fourth-order valence-corrected chi connectivity index (χ4v) is 4.82. The largest absolute Gasteiger partial charge is 0.349 e. The number of halogens is 1. The third-order valence-corrected chi connectivity index (χ3v) is 6.91. The number of amides is 1. The lowest BCUT2D eigenvalue weighted by Gasteiger charge is -2.29. The maximum atomic E-state index is 13.2. The number of rotatable bonds is 7. The molecule has 1 amide bonds. The predicted molar refractivity (Wildman–Crippen MR) is 138 cm³/mol. The van der Waals surface area contributed by atoms with Crippen molar-refractivity contribution in [3.8, 4) is 11.9 Å². The number of pyridine rings is 2. The van der Waals surface area contributed by atoms with E-state index in [-0.39, 0.29) is 23.8 Å². The number of hydrogen-bond acceptors (Lipinski definition) is 7. The zero-order valence-corrected chi connectivity index (χ0v) is 21.1. The van der Waals surface area contributed by atoms with Crippen LogP contribution in [0.2, 0.25) is 0 Å². The molecule has 0 bridgehead atoms. The van der Waals surface area contributed by atoms with Gasteiger partial charge in [-0.3, -0.25) is 9.89 Å². The first-order valence-electron chi connectivity index (χ1n) is 12.6. The smallest absolute Gasteiger partial charge is 0.223 e. The van der Waals surface area contributed by atoms with Crippen molar-refractivity contribution in [3.05, 3.63) is 77.3 Å². The molecule has 4 aromatic rings. The minimum atomic E-state index is -0.431. The van der Waals surface area contributed by atoms with Crippen molar-refractivity contribution in [3.63, 3.8) is 0 Å². The number of anilines is 2. The summed E-state index contributed by atoms with van der Waals surface area (Å²) in [5, 5.41) is 26.9. The molecular weight excluding hydrogens is 485 g/mol. The molecule has 0 aromatic carbocycles. The SMILES string of the molecule is Cc1cc(Nc2ccc(C#N)c(C3CCC(C(=O)N[C@@H](C)c4ccc(-n5cc(F)cn5)nc4)CC3)n2)n[nH]1. The average Bonchev–Trinajstić information content (AvgIpc) is 3.56. The Bertz CT molecular complexity index is 1460. The van der Waals surface area contributed by atoms with Gasteiger partial charge in [0, 0.05) is 29.8 Å². The number of aryl methyl sites for hydroxylation is 1. The lowest BCUT2D eigenvalue weighted by atomic mass is 9.79. The van der Waals surface area contributed by atoms with Crippen LogP contribution in [0.15, 0.2) is 48.9 Å². The fraction of sp³-hybridized carbons (Fsp3) is 0.333. The van der Waals surface area contributed by atoms with E-state index in [0.29, 0.717) is 35.9 Å². The lowest BCUT2D eigenvalue weighted by Crippen LogP contribution is -2.34. The van der Waals surface area contributed by atoms with Gasteiger partial charge in [-0.05, 0) is 63.3 Å². The zero-order chi connectivity index (χ0) is 26.6. The monoisotopic (exact) mass is 513 g/mol. The summed E-state index contributed by atoms with van der Waals surface area (Å²) in [6, 6.07) is 11.1. The van der Waals surface area contributed by atoms with Gasteiger partial charge in [-0.1, -0.05) is 6.07 Å². The van der Waals surface area contributed by atoms with E-state index in [1.54, 1.807) is 24.4 Å². The van der Waals surface area contributed by atoms with E-state index >= 15 is 0 Å². The van der Waals surface area contributed by atoms with Crippen LogP contribution in [-0.2, 0) is 4.79 Å².